The highest BCUT2D eigenvalue weighted by molar-refractivity contribution is 5.85. The fourth-order valence-electron chi connectivity index (χ4n) is 5.59. The molecule has 1 aliphatic heterocycles. The Kier molecular flexibility index (Phi) is 4.81. The first kappa shape index (κ1) is 18.9. The van der Waals surface area contributed by atoms with E-state index in [4.69, 9.17) is 9.47 Å². The van der Waals surface area contributed by atoms with Crippen LogP contribution in [0.15, 0.2) is 18.2 Å². The molecule has 1 fully saturated rings. The molecule has 1 unspecified atom stereocenters. The summed E-state index contributed by atoms with van der Waals surface area (Å²) >= 11 is 0. The topological polar surface area (TPSA) is 37.5 Å². The van der Waals surface area contributed by atoms with Crippen LogP contribution in [0.5, 0.6) is 0 Å². The number of ether oxygens (including phenoxy) is 2. The summed E-state index contributed by atoms with van der Waals surface area (Å²) in [6, 6.07) is 5.04. The Balaban J connectivity index is 1.71. The first-order valence-electron chi connectivity index (χ1n) is 10.1. The van der Waals surface area contributed by atoms with Crippen molar-refractivity contribution in [2.75, 3.05) is 27.8 Å². The molecular weight excluding hydrogens is 343 g/mol. The van der Waals surface area contributed by atoms with Gasteiger partial charge in [0.15, 0.2) is 0 Å². The van der Waals surface area contributed by atoms with Gasteiger partial charge in [-0.3, -0.25) is 0 Å². The average molecular weight is 374 g/mol. The Hall–Kier alpha value is -1.43. The Morgan fingerprint density at radius 1 is 1.26 bits per heavy atom. The van der Waals surface area contributed by atoms with Crippen LogP contribution < -0.4 is 0 Å². The highest BCUT2D eigenvalue weighted by Gasteiger charge is 2.51. The van der Waals surface area contributed by atoms with Crippen molar-refractivity contribution in [3.63, 3.8) is 0 Å². The number of fused-ring (bicyclic) bond motifs is 4. The summed E-state index contributed by atoms with van der Waals surface area (Å²) < 4.78 is 26.1. The largest absolute Gasteiger partial charge is 0.380 e. The summed E-state index contributed by atoms with van der Waals surface area (Å²) in [7, 11) is 6.16. The SMILES string of the molecule is CCC(OC)C1(N(C)C)CCC2(CC1)OCCc1c2[nH]c2ccc(F)cc12. The van der Waals surface area contributed by atoms with Gasteiger partial charge in [0.25, 0.3) is 0 Å². The van der Waals surface area contributed by atoms with Gasteiger partial charge in [-0.1, -0.05) is 6.92 Å². The monoisotopic (exact) mass is 374 g/mol. The van der Waals surface area contributed by atoms with Crippen molar-refractivity contribution in [1.29, 1.82) is 0 Å². The van der Waals surface area contributed by atoms with E-state index in [1.54, 1.807) is 6.07 Å². The van der Waals surface area contributed by atoms with E-state index >= 15 is 0 Å². The van der Waals surface area contributed by atoms with Crippen molar-refractivity contribution in [3.8, 4) is 0 Å². The van der Waals surface area contributed by atoms with E-state index in [0.29, 0.717) is 6.61 Å². The number of hydrogen-bond donors (Lipinski definition) is 1. The highest BCUT2D eigenvalue weighted by Crippen LogP contribution is 2.50. The average Bonchev–Trinajstić information content (AvgIpc) is 3.04. The second-order valence-electron chi connectivity index (χ2n) is 8.39. The van der Waals surface area contributed by atoms with Crippen molar-refractivity contribution >= 4 is 10.9 Å². The maximum absolute atomic E-state index is 13.8. The molecule has 1 aromatic heterocycles. The second-order valence-corrected chi connectivity index (χ2v) is 8.39. The van der Waals surface area contributed by atoms with Gasteiger partial charge in [0.05, 0.1) is 18.4 Å². The Labute approximate surface area is 161 Å². The van der Waals surface area contributed by atoms with E-state index in [1.165, 1.54) is 17.3 Å². The maximum atomic E-state index is 13.8. The van der Waals surface area contributed by atoms with Crippen LogP contribution in [-0.2, 0) is 21.5 Å². The van der Waals surface area contributed by atoms with Crippen LogP contribution >= 0.6 is 0 Å². The predicted molar refractivity (Wildman–Crippen MR) is 106 cm³/mol. The zero-order valence-electron chi connectivity index (χ0n) is 16.9. The van der Waals surface area contributed by atoms with E-state index in [-0.39, 0.29) is 23.1 Å². The van der Waals surface area contributed by atoms with Gasteiger partial charge in [-0.2, -0.15) is 0 Å². The van der Waals surface area contributed by atoms with Crippen LogP contribution in [0.1, 0.15) is 50.3 Å². The molecule has 2 aliphatic rings. The van der Waals surface area contributed by atoms with Crippen molar-refractivity contribution in [1.82, 2.24) is 9.88 Å². The van der Waals surface area contributed by atoms with Crippen molar-refractivity contribution in [2.45, 2.75) is 62.7 Å². The normalized spacial score (nSPS) is 29.4. The van der Waals surface area contributed by atoms with Gasteiger partial charge < -0.3 is 19.4 Å². The third-order valence-electron chi connectivity index (χ3n) is 7.12. The van der Waals surface area contributed by atoms with E-state index in [0.717, 1.165) is 49.4 Å². The molecule has 1 aromatic carbocycles. The van der Waals surface area contributed by atoms with Crippen LogP contribution in [0, 0.1) is 5.82 Å². The molecule has 0 saturated heterocycles. The molecule has 5 heteroatoms. The molecule has 1 saturated carbocycles. The molecule has 0 amide bonds. The molecular formula is C22H31FN2O2. The van der Waals surface area contributed by atoms with E-state index < -0.39 is 0 Å². The molecule has 0 radical (unpaired) electrons. The first-order chi connectivity index (χ1) is 13.0. The van der Waals surface area contributed by atoms with E-state index in [9.17, 15) is 4.39 Å². The Morgan fingerprint density at radius 2 is 2.00 bits per heavy atom. The number of rotatable bonds is 4. The standard InChI is InChI=1S/C22H31FN2O2/c1-5-19(26-4)21(25(2)3)9-11-22(12-10-21)20-16(8-13-27-22)17-14-15(23)6-7-18(17)24-20/h6-7,14,19,24H,5,8-13H2,1-4H3. The minimum Gasteiger partial charge on any atom is -0.380 e. The van der Waals surface area contributed by atoms with Gasteiger partial charge in [-0.05, 0) is 76.4 Å². The van der Waals surface area contributed by atoms with Gasteiger partial charge >= 0.3 is 0 Å². The lowest BCUT2D eigenvalue weighted by Crippen LogP contribution is -2.58. The van der Waals surface area contributed by atoms with Crippen molar-refractivity contribution in [3.05, 3.63) is 35.3 Å². The smallest absolute Gasteiger partial charge is 0.123 e. The molecule has 2 aromatic rings. The van der Waals surface area contributed by atoms with Crippen LogP contribution in [0.25, 0.3) is 10.9 Å². The summed E-state index contributed by atoms with van der Waals surface area (Å²) in [6.07, 6.45) is 6.00. The van der Waals surface area contributed by atoms with Gasteiger partial charge in [0.2, 0.25) is 0 Å². The maximum Gasteiger partial charge on any atom is 0.123 e. The van der Waals surface area contributed by atoms with Gasteiger partial charge in [0.1, 0.15) is 11.4 Å². The van der Waals surface area contributed by atoms with E-state index in [2.05, 4.69) is 30.9 Å². The molecule has 148 valence electrons. The summed E-state index contributed by atoms with van der Waals surface area (Å²) in [5.41, 5.74) is 3.18. The number of nitrogens with one attached hydrogen (secondary N) is 1. The predicted octanol–water partition coefficient (Wildman–Crippen LogP) is 4.37. The molecule has 2 heterocycles. The number of likely N-dealkylation sites (N-methyl/N-ethyl adjacent to an activating group) is 1. The number of hydrogen-bond acceptors (Lipinski definition) is 3. The number of aromatic nitrogens is 1. The van der Waals surface area contributed by atoms with E-state index in [1.807, 2.05) is 13.2 Å². The highest BCUT2D eigenvalue weighted by atomic mass is 19.1. The number of benzene rings is 1. The Morgan fingerprint density at radius 3 is 2.63 bits per heavy atom. The number of aromatic amines is 1. The van der Waals surface area contributed by atoms with Gasteiger partial charge in [0, 0.05) is 23.6 Å². The number of nitrogens with zero attached hydrogens (tertiary/aromatic N) is 1. The van der Waals surface area contributed by atoms with Crippen LogP contribution in [-0.4, -0.2) is 49.3 Å². The summed E-state index contributed by atoms with van der Waals surface area (Å²) in [6.45, 7) is 2.90. The Bertz CT molecular complexity index is 817. The molecule has 1 N–H and O–H groups in total. The van der Waals surface area contributed by atoms with Gasteiger partial charge in [-0.25, -0.2) is 4.39 Å². The second kappa shape index (κ2) is 6.87. The lowest BCUT2D eigenvalue weighted by atomic mass is 9.68. The van der Waals surface area contributed by atoms with Crippen LogP contribution in [0.2, 0.25) is 0 Å². The van der Waals surface area contributed by atoms with Crippen LogP contribution in [0.3, 0.4) is 0 Å². The fourth-order valence-corrected chi connectivity index (χ4v) is 5.59. The van der Waals surface area contributed by atoms with Crippen molar-refractivity contribution < 1.29 is 13.9 Å². The first-order valence-corrected chi connectivity index (χ1v) is 10.1. The third-order valence-corrected chi connectivity index (χ3v) is 7.12. The molecule has 1 atom stereocenters. The summed E-state index contributed by atoms with van der Waals surface area (Å²) in [5, 5.41) is 1.01. The number of halogens is 1. The molecule has 1 aliphatic carbocycles. The molecule has 4 nitrogen and oxygen atoms in total. The summed E-state index contributed by atoms with van der Waals surface area (Å²) in [5.74, 6) is -0.175. The molecule has 27 heavy (non-hydrogen) atoms. The molecule has 4 rings (SSSR count). The minimum absolute atomic E-state index is 0.0356. The molecule has 1 spiro atoms. The van der Waals surface area contributed by atoms with Crippen molar-refractivity contribution in [2.24, 2.45) is 0 Å². The third kappa shape index (κ3) is 2.82. The zero-order valence-corrected chi connectivity index (χ0v) is 16.9. The lowest BCUT2D eigenvalue weighted by Gasteiger charge is -2.53. The minimum atomic E-state index is -0.283. The van der Waals surface area contributed by atoms with Gasteiger partial charge in [-0.15, -0.1) is 0 Å². The molecule has 0 bridgehead atoms. The number of methoxy groups -OCH3 is 1. The zero-order chi connectivity index (χ0) is 19.2. The summed E-state index contributed by atoms with van der Waals surface area (Å²) in [4.78, 5) is 5.93. The quantitative estimate of drug-likeness (QED) is 0.863. The lowest BCUT2D eigenvalue weighted by molar-refractivity contribution is -0.138. The number of H-pyrrole nitrogens is 1. The van der Waals surface area contributed by atoms with Crippen LogP contribution in [0.4, 0.5) is 4.39 Å². The fraction of sp³-hybridized carbons (Fsp3) is 0.636.